The van der Waals surface area contributed by atoms with Gasteiger partial charge in [-0.15, -0.1) is 0 Å². The van der Waals surface area contributed by atoms with Gasteiger partial charge < -0.3 is 9.47 Å². The minimum atomic E-state index is -0.665. The molecule has 0 aliphatic carbocycles. The smallest absolute Gasteiger partial charge is 0.412 e. The first-order valence-corrected chi connectivity index (χ1v) is 7.55. The van der Waals surface area contributed by atoms with Crippen LogP contribution in [0.4, 0.5) is 10.5 Å². The maximum Gasteiger partial charge on any atom is 0.412 e. The summed E-state index contributed by atoms with van der Waals surface area (Å²) in [5.74, 6) is -0.554. The summed E-state index contributed by atoms with van der Waals surface area (Å²) in [6.07, 6.45) is 0.703. The summed E-state index contributed by atoms with van der Waals surface area (Å²) in [4.78, 5) is 28.1. The van der Waals surface area contributed by atoms with Crippen molar-refractivity contribution in [2.24, 2.45) is 0 Å². The molecule has 0 spiro atoms. The number of nitrogens with zero attached hydrogens (tertiary/aromatic N) is 1. The predicted octanol–water partition coefficient (Wildman–Crippen LogP) is 4.15. The Labute approximate surface area is 138 Å². The zero-order valence-corrected chi connectivity index (χ0v) is 15.2. The van der Waals surface area contributed by atoms with Crippen molar-refractivity contribution >= 4 is 33.7 Å². The summed E-state index contributed by atoms with van der Waals surface area (Å²) in [5, 5.41) is 2.52. The van der Waals surface area contributed by atoms with Crippen molar-refractivity contribution in [2.45, 2.75) is 52.7 Å². The Hall–Kier alpha value is -1.63. The number of anilines is 1. The molecule has 1 heterocycles. The van der Waals surface area contributed by atoms with Crippen LogP contribution in [0.5, 0.6) is 0 Å². The SMILES string of the molecule is CC(C)(C)OC(=O)Nc1cnc(Br)cc1C(=O)OC(C)(C)C. The highest BCUT2D eigenvalue weighted by molar-refractivity contribution is 9.10. The fourth-order valence-corrected chi connectivity index (χ4v) is 1.78. The van der Waals surface area contributed by atoms with E-state index in [1.807, 2.05) is 0 Å². The summed E-state index contributed by atoms with van der Waals surface area (Å²) in [5.41, 5.74) is -0.857. The molecule has 22 heavy (non-hydrogen) atoms. The van der Waals surface area contributed by atoms with Gasteiger partial charge in [0.05, 0.1) is 17.4 Å². The lowest BCUT2D eigenvalue weighted by molar-refractivity contribution is 0.00705. The van der Waals surface area contributed by atoms with E-state index in [1.165, 1.54) is 12.3 Å². The van der Waals surface area contributed by atoms with Crippen molar-refractivity contribution in [3.63, 3.8) is 0 Å². The van der Waals surface area contributed by atoms with Gasteiger partial charge in [-0.2, -0.15) is 0 Å². The largest absolute Gasteiger partial charge is 0.456 e. The number of esters is 1. The molecule has 0 fully saturated rings. The fourth-order valence-electron chi connectivity index (χ4n) is 1.45. The van der Waals surface area contributed by atoms with Gasteiger partial charge in [0, 0.05) is 0 Å². The first-order chi connectivity index (χ1) is 9.87. The van der Waals surface area contributed by atoms with Crippen LogP contribution in [-0.2, 0) is 9.47 Å². The van der Waals surface area contributed by atoms with Crippen LogP contribution in [0.2, 0.25) is 0 Å². The van der Waals surface area contributed by atoms with Gasteiger partial charge in [0.1, 0.15) is 15.8 Å². The summed E-state index contributed by atoms with van der Waals surface area (Å²) in [7, 11) is 0. The van der Waals surface area contributed by atoms with E-state index in [2.05, 4.69) is 26.2 Å². The zero-order valence-electron chi connectivity index (χ0n) is 13.6. The number of rotatable bonds is 2. The molecule has 122 valence electrons. The summed E-state index contributed by atoms with van der Waals surface area (Å²) < 4.78 is 10.9. The molecule has 1 amide bonds. The molecule has 1 rings (SSSR count). The van der Waals surface area contributed by atoms with Crippen molar-refractivity contribution in [3.8, 4) is 0 Å². The molecule has 0 saturated heterocycles. The van der Waals surface area contributed by atoms with Gasteiger partial charge in [-0.05, 0) is 63.5 Å². The monoisotopic (exact) mass is 372 g/mol. The van der Waals surface area contributed by atoms with Crippen molar-refractivity contribution in [2.75, 3.05) is 5.32 Å². The number of pyridine rings is 1. The van der Waals surface area contributed by atoms with E-state index >= 15 is 0 Å². The first kappa shape index (κ1) is 18.4. The van der Waals surface area contributed by atoms with E-state index < -0.39 is 23.3 Å². The average Bonchev–Trinajstić information content (AvgIpc) is 2.26. The van der Waals surface area contributed by atoms with Crippen molar-refractivity contribution in [3.05, 3.63) is 22.4 Å². The number of halogens is 1. The molecule has 0 aliphatic heterocycles. The molecule has 0 aliphatic rings. The standard InChI is InChI=1S/C15H21BrN2O4/c1-14(2,3)21-12(19)9-7-11(16)17-8-10(9)18-13(20)22-15(4,5)6/h7-8H,1-6H3,(H,18,20). The quantitative estimate of drug-likeness (QED) is 0.623. The Balaban J connectivity index is 3.01. The lowest BCUT2D eigenvalue weighted by Gasteiger charge is -2.22. The maximum atomic E-state index is 12.2. The number of nitrogens with one attached hydrogen (secondary N) is 1. The molecule has 0 unspecified atom stereocenters. The number of aromatic nitrogens is 1. The Morgan fingerprint density at radius 2 is 1.64 bits per heavy atom. The fraction of sp³-hybridized carbons (Fsp3) is 0.533. The van der Waals surface area contributed by atoms with Crippen LogP contribution in [0, 0.1) is 0 Å². The van der Waals surface area contributed by atoms with Crippen LogP contribution in [0.25, 0.3) is 0 Å². The van der Waals surface area contributed by atoms with Crippen molar-refractivity contribution in [1.82, 2.24) is 4.98 Å². The van der Waals surface area contributed by atoms with E-state index in [9.17, 15) is 9.59 Å². The highest BCUT2D eigenvalue weighted by atomic mass is 79.9. The van der Waals surface area contributed by atoms with E-state index in [0.29, 0.717) is 4.60 Å². The topological polar surface area (TPSA) is 77.5 Å². The summed E-state index contributed by atoms with van der Waals surface area (Å²) >= 11 is 3.20. The highest BCUT2D eigenvalue weighted by Gasteiger charge is 2.23. The third kappa shape index (κ3) is 6.43. The molecular formula is C15H21BrN2O4. The number of ether oxygens (including phenoxy) is 2. The second kappa shape index (κ2) is 6.64. The third-order valence-electron chi connectivity index (χ3n) is 2.13. The van der Waals surface area contributed by atoms with Crippen molar-refractivity contribution < 1.29 is 19.1 Å². The van der Waals surface area contributed by atoms with E-state index in [4.69, 9.17) is 9.47 Å². The highest BCUT2D eigenvalue weighted by Crippen LogP contribution is 2.22. The minimum Gasteiger partial charge on any atom is -0.456 e. The minimum absolute atomic E-state index is 0.197. The van der Waals surface area contributed by atoms with Gasteiger partial charge in [-0.3, -0.25) is 5.32 Å². The second-order valence-corrected chi connectivity index (χ2v) is 7.49. The zero-order chi connectivity index (χ0) is 17.1. The molecule has 0 bridgehead atoms. The average molecular weight is 373 g/mol. The maximum absolute atomic E-state index is 12.2. The predicted molar refractivity (Wildman–Crippen MR) is 87.0 cm³/mol. The second-order valence-electron chi connectivity index (χ2n) is 6.68. The molecule has 7 heteroatoms. The van der Waals surface area contributed by atoms with Gasteiger partial charge in [0.2, 0.25) is 0 Å². The molecule has 1 aromatic rings. The molecule has 0 aromatic carbocycles. The molecule has 1 aromatic heterocycles. The van der Waals surface area contributed by atoms with Crippen LogP contribution in [-0.4, -0.2) is 28.2 Å². The van der Waals surface area contributed by atoms with Gasteiger partial charge in [-0.25, -0.2) is 14.6 Å². The van der Waals surface area contributed by atoms with Gasteiger partial charge in [-0.1, -0.05) is 0 Å². The van der Waals surface area contributed by atoms with E-state index in [0.717, 1.165) is 0 Å². The van der Waals surface area contributed by atoms with Crippen LogP contribution >= 0.6 is 15.9 Å². The molecular weight excluding hydrogens is 352 g/mol. The molecule has 0 radical (unpaired) electrons. The molecule has 6 nitrogen and oxygen atoms in total. The normalized spacial score (nSPS) is 11.8. The molecule has 0 saturated carbocycles. The Morgan fingerprint density at radius 3 is 2.14 bits per heavy atom. The Bertz CT molecular complexity index is 574. The van der Waals surface area contributed by atoms with E-state index in [-0.39, 0.29) is 11.3 Å². The van der Waals surface area contributed by atoms with Crippen LogP contribution in [0.3, 0.4) is 0 Å². The van der Waals surface area contributed by atoms with Gasteiger partial charge in [0.15, 0.2) is 0 Å². The summed E-state index contributed by atoms with van der Waals surface area (Å²) in [6.45, 7) is 10.6. The van der Waals surface area contributed by atoms with Gasteiger partial charge >= 0.3 is 12.1 Å². The lowest BCUT2D eigenvalue weighted by atomic mass is 10.1. The van der Waals surface area contributed by atoms with Crippen LogP contribution < -0.4 is 5.32 Å². The number of hydrogen-bond acceptors (Lipinski definition) is 5. The number of carbonyl (C=O) groups excluding carboxylic acids is 2. The van der Waals surface area contributed by atoms with E-state index in [1.54, 1.807) is 41.5 Å². The number of carbonyl (C=O) groups is 2. The molecule has 0 atom stereocenters. The Morgan fingerprint density at radius 1 is 1.09 bits per heavy atom. The summed E-state index contributed by atoms with van der Waals surface area (Å²) in [6, 6.07) is 1.49. The number of hydrogen-bond donors (Lipinski definition) is 1. The van der Waals surface area contributed by atoms with Crippen molar-refractivity contribution in [1.29, 1.82) is 0 Å². The lowest BCUT2D eigenvalue weighted by Crippen LogP contribution is -2.28. The molecule has 1 N–H and O–H groups in total. The first-order valence-electron chi connectivity index (χ1n) is 6.76. The third-order valence-corrected chi connectivity index (χ3v) is 2.56. The van der Waals surface area contributed by atoms with Crippen LogP contribution in [0.15, 0.2) is 16.9 Å². The van der Waals surface area contributed by atoms with Gasteiger partial charge in [0.25, 0.3) is 0 Å². The number of amides is 1. The Kier molecular flexibility index (Phi) is 5.56. The van der Waals surface area contributed by atoms with Crippen LogP contribution in [0.1, 0.15) is 51.9 Å².